The van der Waals surface area contributed by atoms with Gasteiger partial charge in [0.2, 0.25) is 0 Å². The van der Waals surface area contributed by atoms with Crippen molar-refractivity contribution in [2.45, 2.75) is 12.7 Å². The van der Waals surface area contributed by atoms with Gasteiger partial charge in [-0.3, -0.25) is 4.79 Å². The van der Waals surface area contributed by atoms with E-state index in [-0.39, 0.29) is 11.4 Å². The number of hydrogen-bond donors (Lipinski definition) is 2. The summed E-state index contributed by atoms with van der Waals surface area (Å²) in [5, 5.41) is 11.1. The Kier molecular flexibility index (Phi) is 5.83. The lowest BCUT2D eigenvalue weighted by Gasteiger charge is -2.22. The first-order valence-corrected chi connectivity index (χ1v) is 6.11. The van der Waals surface area contributed by atoms with E-state index in [2.05, 4.69) is 5.32 Å². The van der Waals surface area contributed by atoms with Crippen LogP contribution in [0.1, 0.15) is 5.56 Å². The van der Waals surface area contributed by atoms with E-state index in [0.29, 0.717) is 10.6 Å². The lowest BCUT2D eigenvalue weighted by molar-refractivity contribution is -0.148. The molecule has 0 saturated carbocycles. The molecule has 0 aliphatic heterocycles. The number of alkyl halides is 3. The van der Waals surface area contributed by atoms with Crippen molar-refractivity contribution < 1.29 is 27.9 Å². The van der Waals surface area contributed by atoms with Gasteiger partial charge in [-0.2, -0.15) is 13.2 Å². The highest BCUT2D eigenvalue weighted by Gasteiger charge is 2.33. The van der Waals surface area contributed by atoms with Crippen LogP contribution in [0.25, 0.3) is 0 Å². The van der Waals surface area contributed by atoms with Gasteiger partial charge in [-0.15, -0.1) is 0 Å². The van der Waals surface area contributed by atoms with E-state index in [9.17, 15) is 22.8 Å². The van der Waals surface area contributed by atoms with Crippen molar-refractivity contribution in [2.75, 3.05) is 13.1 Å². The molecule has 5 nitrogen and oxygen atoms in total. The fraction of sp³-hybridized carbons (Fsp3) is 0.333. The zero-order valence-electron chi connectivity index (χ0n) is 10.7. The average molecular weight is 325 g/mol. The van der Waals surface area contributed by atoms with Gasteiger partial charge in [-0.25, -0.2) is 4.79 Å². The molecule has 0 unspecified atom stereocenters. The third-order valence-corrected chi connectivity index (χ3v) is 2.74. The van der Waals surface area contributed by atoms with E-state index in [0.717, 1.165) is 0 Å². The summed E-state index contributed by atoms with van der Waals surface area (Å²) in [5.41, 5.74) is 0.509. The number of halogens is 4. The third kappa shape index (κ3) is 6.35. The Labute approximate surface area is 123 Å². The van der Waals surface area contributed by atoms with E-state index in [1.54, 1.807) is 24.3 Å². The fourth-order valence-electron chi connectivity index (χ4n) is 1.50. The molecule has 0 atom stereocenters. The summed E-state index contributed by atoms with van der Waals surface area (Å²) >= 11 is 5.84. The monoisotopic (exact) mass is 324 g/mol. The van der Waals surface area contributed by atoms with Gasteiger partial charge in [-0.1, -0.05) is 29.8 Å². The van der Waals surface area contributed by atoms with E-state index in [1.165, 1.54) is 0 Å². The van der Waals surface area contributed by atoms with Gasteiger partial charge in [0.1, 0.15) is 13.1 Å². The first kappa shape index (κ1) is 17.1. The first-order chi connectivity index (χ1) is 9.69. The summed E-state index contributed by atoms with van der Waals surface area (Å²) < 4.78 is 36.9. The molecule has 0 saturated heterocycles. The number of carboxylic acid groups (broad SMARTS) is 1. The standard InChI is InChI=1S/C12H12ClF3N2O3/c13-9-4-2-1-3-8(9)5-17-11(21)18(6-10(19)20)7-12(14,15)16/h1-4H,5-7H2,(H,17,21)(H,19,20). The molecule has 0 fully saturated rings. The highest BCUT2D eigenvalue weighted by atomic mass is 35.5. The second-order valence-corrected chi connectivity index (χ2v) is 4.52. The average Bonchev–Trinajstić information content (AvgIpc) is 2.34. The minimum Gasteiger partial charge on any atom is -0.480 e. The van der Waals surface area contributed by atoms with Gasteiger partial charge in [0.25, 0.3) is 0 Å². The molecular weight excluding hydrogens is 313 g/mol. The Morgan fingerprint density at radius 1 is 1.29 bits per heavy atom. The van der Waals surface area contributed by atoms with Gasteiger partial charge in [0.15, 0.2) is 0 Å². The molecule has 9 heteroatoms. The van der Waals surface area contributed by atoms with Crippen molar-refractivity contribution in [1.29, 1.82) is 0 Å². The van der Waals surface area contributed by atoms with Gasteiger partial charge >= 0.3 is 18.2 Å². The molecule has 1 aromatic carbocycles. The maximum atomic E-state index is 12.3. The van der Waals surface area contributed by atoms with Crippen LogP contribution in [0.3, 0.4) is 0 Å². The summed E-state index contributed by atoms with van der Waals surface area (Å²) in [6.07, 6.45) is -4.68. The van der Waals surface area contributed by atoms with Crippen molar-refractivity contribution in [3.63, 3.8) is 0 Å². The van der Waals surface area contributed by atoms with Crippen LogP contribution in [0.2, 0.25) is 5.02 Å². The van der Waals surface area contributed by atoms with Crippen molar-refractivity contribution in [3.8, 4) is 0 Å². The molecule has 0 aromatic heterocycles. The molecule has 0 heterocycles. The molecular formula is C12H12ClF3N2O3. The molecule has 0 aliphatic rings. The Balaban J connectivity index is 2.68. The number of nitrogens with zero attached hydrogens (tertiary/aromatic N) is 1. The molecule has 1 aromatic rings. The van der Waals surface area contributed by atoms with Crippen LogP contribution in [0.5, 0.6) is 0 Å². The van der Waals surface area contributed by atoms with Gasteiger partial charge in [-0.05, 0) is 11.6 Å². The molecule has 0 radical (unpaired) electrons. The second-order valence-electron chi connectivity index (χ2n) is 4.12. The number of amides is 2. The minimum absolute atomic E-state index is 0.105. The van der Waals surface area contributed by atoms with Gasteiger partial charge in [0.05, 0.1) is 0 Å². The first-order valence-electron chi connectivity index (χ1n) is 5.74. The number of urea groups is 1. The quantitative estimate of drug-likeness (QED) is 0.874. The zero-order chi connectivity index (χ0) is 16.0. The maximum Gasteiger partial charge on any atom is 0.406 e. The number of nitrogens with one attached hydrogen (secondary N) is 1. The largest absolute Gasteiger partial charge is 0.480 e. The minimum atomic E-state index is -4.68. The van der Waals surface area contributed by atoms with Crippen LogP contribution in [0.15, 0.2) is 24.3 Å². The van der Waals surface area contributed by atoms with E-state index in [4.69, 9.17) is 16.7 Å². The summed E-state index contributed by atoms with van der Waals surface area (Å²) in [6.45, 7) is -2.80. The summed E-state index contributed by atoms with van der Waals surface area (Å²) in [7, 11) is 0. The molecule has 2 N–H and O–H groups in total. The van der Waals surface area contributed by atoms with Crippen molar-refractivity contribution in [1.82, 2.24) is 10.2 Å². The lowest BCUT2D eigenvalue weighted by atomic mass is 10.2. The molecule has 0 bridgehead atoms. The zero-order valence-corrected chi connectivity index (χ0v) is 11.4. The molecule has 2 amide bonds. The summed E-state index contributed by atoms with van der Waals surface area (Å²) in [6, 6.07) is 5.34. The summed E-state index contributed by atoms with van der Waals surface area (Å²) in [5.74, 6) is -1.54. The third-order valence-electron chi connectivity index (χ3n) is 2.37. The number of carboxylic acids is 1. The number of benzene rings is 1. The molecule has 116 valence electrons. The smallest absolute Gasteiger partial charge is 0.406 e. The van der Waals surface area contributed by atoms with Crippen molar-refractivity contribution in [2.24, 2.45) is 0 Å². The second kappa shape index (κ2) is 7.16. The predicted molar refractivity (Wildman–Crippen MR) is 69.0 cm³/mol. The number of carbonyl (C=O) groups is 2. The lowest BCUT2D eigenvalue weighted by Crippen LogP contribution is -2.46. The number of carbonyl (C=O) groups excluding carboxylic acids is 1. The topological polar surface area (TPSA) is 69.6 Å². The Morgan fingerprint density at radius 3 is 2.43 bits per heavy atom. The summed E-state index contributed by atoms with van der Waals surface area (Å²) in [4.78, 5) is 22.3. The SMILES string of the molecule is O=C(O)CN(CC(F)(F)F)C(=O)NCc1ccccc1Cl. The van der Waals surface area contributed by atoms with Gasteiger partial charge in [0, 0.05) is 11.6 Å². The number of hydrogen-bond acceptors (Lipinski definition) is 2. The van der Waals surface area contributed by atoms with E-state index < -0.39 is 31.3 Å². The van der Waals surface area contributed by atoms with Crippen LogP contribution in [0.4, 0.5) is 18.0 Å². The van der Waals surface area contributed by atoms with Gasteiger partial charge < -0.3 is 15.3 Å². The fourth-order valence-corrected chi connectivity index (χ4v) is 1.71. The predicted octanol–water partition coefficient (Wildman–Crippen LogP) is 2.50. The maximum absolute atomic E-state index is 12.3. The van der Waals surface area contributed by atoms with Crippen LogP contribution >= 0.6 is 11.6 Å². The number of aliphatic carboxylic acids is 1. The van der Waals surface area contributed by atoms with Crippen LogP contribution in [-0.2, 0) is 11.3 Å². The van der Waals surface area contributed by atoms with Crippen molar-refractivity contribution >= 4 is 23.6 Å². The molecule has 0 spiro atoms. The van der Waals surface area contributed by atoms with Crippen molar-refractivity contribution in [3.05, 3.63) is 34.9 Å². The Hall–Kier alpha value is -1.96. The highest BCUT2D eigenvalue weighted by molar-refractivity contribution is 6.31. The van der Waals surface area contributed by atoms with Crippen LogP contribution in [0, 0.1) is 0 Å². The van der Waals surface area contributed by atoms with E-state index >= 15 is 0 Å². The van der Waals surface area contributed by atoms with Crippen LogP contribution in [-0.4, -0.2) is 41.3 Å². The Morgan fingerprint density at radius 2 is 1.90 bits per heavy atom. The number of rotatable bonds is 5. The van der Waals surface area contributed by atoms with Crippen LogP contribution < -0.4 is 5.32 Å². The van der Waals surface area contributed by atoms with E-state index in [1.807, 2.05) is 0 Å². The Bertz CT molecular complexity index is 523. The normalized spacial score (nSPS) is 11.0. The highest BCUT2D eigenvalue weighted by Crippen LogP contribution is 2.17. The molecule has 0 aliphatic carbocycles. The molecule has 21 heavy (non-hydrogen) atoms. The molecule has 1 rings (SSSR count).